The van der Waals surface area contributed by atoms with E-state index in [9.17, 15) is 9.59 Å². The van der Waals surface area contributed by atoms with Crippen molar-refractivity contribution in [3.05, 3.63) is 35.4 Å². The molecule has 2 amide bonds. The van der Waals surface area contributed by atoms with E-state index in [0.29, 0.717) is 26.2 Å². The van der Waals surface area contributed by atoms with Crippen LogP contribution in [0.15, 0.2) is 24.3 Å². The molecule has 0 spiro atoms. The Labute approximate surface area is 124 Å². The van der Waals surface area contributed by atoms with Gasteiger partial charge in [-0.3, -0.25) is 9.59 Å². The number of amides is 2. The predicted molar refractivity (Wildman–Crippen MR) is 79.6 cm³/mol. The highest BCUT2D eigenvalue weighted by atomic mass is 16.2. The number of piperazine rings is 1. The zero-order valence-corrected chi connectivity index (χ0v) is 12.3. The summed E-state index contributed by atoms with van der Waals surface area (Å²) in [6, 6.07) is 8.13. The second kappa shape index (κ2) is 5.85. The fourth-order valence-corrected chi connectivity index (χ4v) is 3.09. The van der Waals surface area contributed by atoms with Gasteiger partial charge in [0.25, 0.3) is 0 Å². The summed E-state index contributed by atoms with van der Waals surface area (Å²) in [6.45, 7) is 4.89. The van der Waals surface area contributed by atoms with Gasteiger partial charge in [0.15, 0.2) is 0 Å². The van der Waals surface area contributed by atoms with Crippen LogP contribution in [0, 0.1) is 0 Å². The molecule has 0 saturated carbocycles. The van der Waals surface area contributed by atoms with Gasteiger partial charge in [-0.15, -0.1) is 0 Å². The van der Waals surface area contributed by atoms with Crippen LogP contribution in [-0.4, -0.2) is 53.8 Å². The summed E-state index contributed by atoms with van der Waals surface area (Å²) in [7, 11) is 0. The Bertz CT molecular complexity index is 550. The van der Waals surface area contributed by atoms with E-state index in [1.165, 1.54) is 11.1 Å². The molecule has 1 N–H and O–H groups in total. The van der Waals surface area contributed by atoms with Crippen molar-refractivity contribution in [1.82, 2.24) is 15.1 Å². The molecule has 1 fully saturated rings. The van der Waals surface area contributed by atoms with Gasteiger partial charge >= 0.3 is 0 Å². The second-order valence-corrected chi connectivity index (χ2v) is 5.74. The van der Waals surface area contributed by atoms with Gasteiger partial charge in [0.05, 0.1) is 6.04 Å². The first-order valence-corrected chi connectivity index (χ1v) is 7.49. The van der Waals surface area contributed by atoms with Crippen molar-refractivity contribution in [2.24, 2.45) is 0 Å². The van der Waals surface area contributed by atoms with Gasteiger partial charge in [-0.25, -0.2) is 0 Å². The van der Waals surface area contributed by atoms with E-state index in [4.69, 9.17) is 0 Å². The molecule has 5 nitrogen and oxygen atoms in total. The molecule has 5 heteroatoms. The molecule has 2 aliphatic heterocycles. The van der Waals surface area contributed by atoms with E-state index in [1.54, 1.807) is 11.8 Å². The van der Waals surface area contributed by atoms with Gasteiger partial charge in [0, 0.05) is 39.6 Å². The van der Waals surface area contributed by atoms with E-state index in [2.05, 4.69) is 17.4 Å². The summed E-state index contributed by atoms with van der Waals surface area (Å²) in [4.78, 5) is 27.6. The summed E-state index contributed by atoms with van der Waals surface area (Å²) >= 11 is 0. The third kappa shape index (κ3) is 2.93. The van der Waals surface area contributed by atoms with Crippen LogP contribution in [0.4, 0.5) is 0 Å². The molecule has 0 bridgehead atoms. The molecule has 0 aliphatic carbocycles. The van der Waals surface area contributed by atoms with Gasteiger partial charge in [-0.2, -0.15) is 0 Å². The molecule has 1 atom stereocenters. The molecule has 1 unspecified atom stereocenters. The summed E-state index contributed by atoms with van der Waals surface area (Å²) in [6.07, 6.45) is 0.752. The van der Waals surface area contributed by atoms with Crippen molar-refractivity contribution < 1.29 is 9.59 Å². The van der Waals surface area contributed by atoms with Crippen molar-refractivity contribution >= 4 is 11.8 Å². The van der Waals surface area contributed by atoms with Gasteiger partial charge < -0.3 is 15.1 Å². The minimum Gasteiger partial charge on any atom is -0.339 e. The summed E-state index contributed by atoms with van der Waals surface area (Å²) < 4.78 is 0. The van der Waals surface area contributed by atoms with E-state index in [-0.39, 0.29) is 17.9 Å². The topological polar surface area (TPSA) is 52.7 Å². The van der Waals surface area contributed by atoms with Crippen molar-refractivity contribution in [2.75, 3.05) is 26.2 Å². The van der Waals surface area contributed by atoms with Crippen LogP contribution >= 0.6 is 0 Å². The van der Waals surface area contributed by atoms with Crippen LogP contribution in [0.2, 0.25) is 0 Å². The van der Waals surface area contributed by atoms with Crippen LogP contribution in [0.3, 0.4) is 0 Å². The maximum absolute atomic E-state index is 12.6. The average molecular weight is 287 g/mol. The number of rotatable bonds is 1. The lowest BCUT2D eigenvalue weighted by Crippen LogP contribution is -2.56. The quantitative estimate of drug-likeness (QED) is 0.813. The van der Waals surface area contributed by atoms with Crippen LogP contribution in [0.5, 0.6) is 0 Å². The molecule has 1 saturated heterocycles. The van der Waals surface area contributed by atoms with Crippen molar-refractivity contribution in [2.45, 2.75) is 25.9 Å². The third-order valence-corrected chi connectivity index (χ3v) is 4.42. The summed E-state index contributed by atoms with van der Waals surface area (Å²) in [5, 5.41) is 3.33. The highest BCUT2D eigenvalue weighted by Crippen LogP contribution is 2.18. The zero-order chi connectivity index (χ0) is 14.8. The van der Waals surface area contributed by atoms with Gasteiger partial charge in [0.2, 0.25) is 11.8 Å². The first-order valence-electron chi connectivity index (χ1n) is 7.49. The third-order valence-electron chi connectivity index (χ3n) is 4.42. The maximum atomic E-state index is 12.6. The highest BCUT2D eigenvalue weighted by Gasteiger charge is 2.30. The average Bonchev–Trinajstić information content (AvgIpc) is 2.54. The largest absolute Gasteiger partial charge is 0.339 e. The Hall–Kier alpha value is -1.88. The predicted octanol–water partition coefficient (Wildman–Crippen LogP) is 0.392. The Morgan fingerprint density at radius 2 is 1.67 bits per heavy atom. The van der Waals surface area contributed by atoms with Crippen molar-refractivity contribution in [1.29, 1.82) is 0 Å². The van der Waals surface area contributed by atoms with Gasteiger partial charge in [-0.05, 0) is 17.5 Å². The van der Waals surface area contributed by atoms with E-state index >= 15 is 0 Å². The van der Waals surface area contributed by atoms with Crippen LogP contribution < -0.4 is 5.32 Å². The van der Waals surface area contributed by atoms with Crippen molar-refractivity contribution in [3.8, 4) is 0 Å². The van der Waals surface area contributed by atoms with Gasteiger partial charge in [0.1, 0.15) is 0 Å². The minimum absolute atomic E-state index is 0.0896. The molecular weight excluding hydrogens is 266 g/mol. The lowest BCUT2D eigenvalue weighted by atomic mass is 9.95. The van der Waals surface area contributed by atoms with Crippen LogP contribution in [-0.2, 0) is 22.6 Å². The fraction of sp³-hybridized carbons (Fsp3) is 0.500. The smallest absolute Gasteiger partial charge is 0.240 e. The highest BCUT2D eigenvalue weighted by molar-refractivity contribution is 5.83. The van der Waals surface area contributed by atoms with Gasteiger partial charge in [-0.1, -0.05) is 24.3 Å². The fourth-order valence-electron chi connectivity index (χ4n) is 3.09. The van der Waals surface area contributed by atoms with E-state index < -0.39 is 0 Å². The van der Waals surface area contributed by atoms with E-state index in [0.717, 1.165) is 13.0 Å². The molecule has 1 aromatic carbocycles. The maximum Gasteiger partial charge on any atom is 0.240 e. The molecule has 0 aromatic heterocycles. The SMILES string of the molecule is CC(=O)N1CCN(C(=O)C2Cc3ccccc3CN2)CC1. The Kier molecular flexibility index (Phi) is 3.92. The number of hydrogen-bond donors (Lipinski definition) is 1. The lowest BCUT2D eigenvalue weighted by Gasteiger charge is -2.37. The number of carbonyl (C=O) groups is 2. The van der Waals surface area contributed by atoms with Crippen molar-refractivity contribution in [3.63, 3.8) is 0 Å². The Morgan fingerprint density at radius 3 is 2.33 bits per heavy atom. The summed E-state index contributed by atoms with van der Waals surface area (Å²) in [5.41, 5.74) is 2.54. The number of nitrogens with one attached hydrogen (secondary N) is 1. The van der Waals surface area contributed by atoms with Crippen LogP contribution in [0.1, 0.15) is 18.1 Å². The number of benzene rings is 1. The normalized spacial score (nSPS) is 21.9. The first-order chi connectivity index (χ1) is 10.1. The molecule has 21 heavy (non-hydrogen) atoms. The molecular formula is C16H21N3O2. The molecule has 3 rings (SSSR count). The Morgan fingerprint density at radius 1 is 1.05 bits per heavy atom. The summed E-state index contributed by atoms with van der Waals surface area (Å²) in [5.74, 6) is 0.250. The number of carbonyl (C=O) groups excluding carboxylic acids is 2. The Balaban J connectivity index is 1.61. The molecule has 112 valence electrons. The number of hydrogen-bond acceptors (Lipinski definition) is 3. The first kappa shape index (κ1) is 14.1. The second-order valence-electron chi connectivity index (χ2n) is 5.74. The molecule has 2 aliphatic rings. The zero-order valence-electron chi connectivity index (χ0n) is 12.3. The number of fused-ring (bicyclic) bond motifs is 1. The monoisotopic (exact) mass is 287 g/mol. The number of nitrogens with zero attached hydrogens (tertiary/aromatic N) is 2. The molecule has 2 heterocycles. The molecule has 0 radical (unpaired) electrons. The van der Waals surface area contributed by atoms with E-state index in [1.807, 2.05) is 17.0 Å². The minimum atomic E-state index is -0.135. The van der Waals surface area contributed by atoms with Crippen LogP contribution in [0.25, 0.3) is 0 Å². The lowest BCUT2D eigenvalue weighted by molar-refractivity contribution is -0.140. The molecule has 1 aromatic rings. The standard InChI is InChI=1S/C16H21N3O2/c1-12(20)18-6-8-19(9-7-18)16(21)15-10-13-4-2-3-5-14(13)11-17-15/h2-5,15,17H,6-11H2,1H3.